The van der Waals surface area contributed by atoms with Crippen molar-refractivity contribution in [2.75, 3.05) is 45.9 Å². The molecular weight excluding hydrogens is 292 g/mol. The first-order valence-corrected chi connectivity index (χ1v) is 8.44. The van der Waals surface area contributed by atoms with Gasteiger partial charge in [0.25, 0.3) is 0 Å². The second-order valence-corrected chi connectivity index (χ2v) is 6.12. The molecule has 3 N–H and O–H groups in total. The summed E-state index contributed by atoms with van der Waals surface area (Å²) in [4.78, 5) is 14.0. The summed E-state index contributed by atoms with van der Waals surface area (Å²) in [7, 11) is 0. The molecule has 1 amide bonds. The van der Waals surface area contributed by atoms with E-state index < -0.39 is 0 Å². The van der Waals surface area contributed by atoms with E-state index in [9.17, 15) is 4.79 Å². The van der Waals surface area contributed by atoms with Crippen LogP contribution in [-0.4, -0.2) is 56.7 Å². The molecule has 2 unspecified atom stereocenters. The lowest BCUT2D eigenvalue weighted by molar-refractivity contribution is -0.135. The van der Waals surface area contributed by atoms with E-state index in [1.165, 1.54) is 5.56 Å². The molecule has 3 rings (SSSR count). The molecule has 6 nitrogen and oxygen atoms in total. The minimum Gasteiger partial charge on any atom is -0.378 e. The number of nitrogens with zero attached hydrogens (tertiary/aromatic N) is 1. The number of morpholine rings is 1. The Labute approximate surface area is 137 Å². The van der Waals surface area contributed by atoms with Gasteiger partial charge in [-0.15, -0.1) is 0 Å². The summed E-state index contributed by atoms with van der Waals surface area (Å²) in [5, 5.41) is 3.44. The van der Waals surface area contributed by atoms with Crippen LogP contribution in [0.3, 0.4) is 0 Å². The molecule has 0 aromatic heterocycles. The van der Waals surface area contributed by atoms with E-state index in [4.69, 9.17) is 4.74 Å². The Hall–Kier alpha value is -1.47. The highest BCUT2D eigenvalue weighted by atomic mass is 16.5. The Balaban J connectivity index is 1.39. The normalized spacial score (nSPS) is 24.8. The Morgan fingerprint density at radius 1 is 1.26 bits per heavy atom. The van der Waals surface area contributed by atoms with Crippen molar-refractivity contribution in [2.24, 2.45) is 5.92 Å². The standard InChI is InChI=1S/C17H26N4O2/c22-16(21-8-10-23-11-9-21)6-7-18-12-15-13-19-20-17(15)14-4-2-1-3-5-14/h1-5,15,17-20H,6-13H2. The fourth-order valence-corrected chi connectivity index (χ4v) is 3.20. The van der Waals surface area contributed by atoms with E-state index in [0.717, 1.165) is 32.7 Å². The molecule has 23 heavy (non-hydrogen) atoms. The quantitative estimate of drug-likeness (QED) is 0.658. The summed E-state index contributed by atoms with van der Waals surface area (Å²) in [6, 6.07) is 10.8. The van der Waals surface area contributed by atoms with Gasteiger partial charge < -0.3 is 15.0 Å². The summed E-state index contributed by atoms with van der Waals surface area (Å²) in [6.45, 7) is 5.35. The van der Waals surface area contributed by atoms with Crippen LogP contribution in [0.15, 0.2) is 30.3 Å². The molecule has 2 fully saturated rings. The van der Waals surface area contributed by atoms with Crippen LogP contribution in [-0.2, 0) is 9.53 Å². The molecule has 1 aromatic rings. The lowest BCUT2D eigenvalue weighted by Gasteiger charge is -2.27. The molecule has 2 aliphatic heterocycles. The molecule has 0 radical (unpaired) electrons. The Bertz CT molecular complexity index is 491. The summed E-state index contributed by atoms with van der Waals surface area (Å²) < 4.78 is 5.27. The van der Waals surface area contributed by atoms with Crippen molar-refractivity contribution < 1.29 is 9.53 Å². The minimum absolute atomic E-state index is 0.225. The predicted molar refractivity (Wildman–Crippen MR) is 88.7 cm³/mol. The van der Waals surface area contributed by atoms with Crippen LogP contribution in [0.2, 0.25) is 0 Å². The van der Waals surface area contributed by atoms with Gasteiger partial charge in [-0.2, -0.15) is 0 Å². The van der Waals surface area contributed by atoms with Crippen molar-refractivity contribution >= 4 is 5.91 Å². The number of hydrazine groups is 1. The van der Waals surface area contributed by atoms with E-state index in [2.05, 4.69) is 40.4 Å². The maximum absolute atomic E-state index is 12.1. The average Bonchev–Trinajstić information content (AvgIpc) is 3.08. The number of amides is 1. The molecule has 2 heterocycles. The summed E-state index contributed by atoms with van der Waals surface area (Å²) in [5.41, 5.74) is 7.89. The fraction of sp³-hybridized carbons (Fsp3) is 0.588. The monoisotopic (exact) mass is 318 g/mol. The molecule has 6 heteroatoms. The zero-order chi connectivity index (χ0) is 15.9. The molecule has 0 spiro atoms. The molecule has 0 aliphatic carbocycles. The number of hydrogen-bond acceptors (Lipinski definition) is 5. The van der Waals surface area contributed by atoms with Crippen molar-refractivity contribution in [3.05, 3.63) is 35.9 Å². The van der Waals surface area contributed by atoms with Crippen LogP contribution in [0.1, 0.15) is 18.0 Å². The Kier molecular flexibility index (Phi) is 5.99. The van der Waals surface area contributed by atoms with Crippen molar-refractivity contribution in [1.82, 2.24) is 21.1 Å². The molecule has 0 saturated carbocycles. The maximum atomic E-state index is 12.1. The van der Waals surface area contributed by atoms with Gasteiger partial charge in [-0.3, -0.25) is 10.2 Å². The zero-order valence-electron chi connectivity index (χ0n) is 13.5. The highest BCUT2D eigenvalue weighted by Crippen LogP contribution is 2.23. The number of ether oxygens (including phenoxy) is 1. The SMILES string of the molecule is O=C(CCNCC1CNNC1c1ccccc1)N1CCOCC1. The van der Waals surface area contributed by atoms with Crippen LogP contribution >= 0.6 is 0 Å². The first-order chi connectivity index (χ1) is 11.3. The van der Waals surface area contributed by atoms with Gasteiger partial charge in [0.2, 0.25) is 5.91 Å². The predicted octanol–water partition coefficient (Wildman–Crippen LogP) is 0.290. The zero-order valence-corrected chi connectivity index (χ0v) is 13.5. The highest BCUT2D eigenvalue weighted by Gasteiger charge is 2.27. The van der Waals surface area contributed by atoms with Gasteiger partial charge in [-0.25, -0.2) is 5.43 Å². The van der Waals surface area contributed by atoms with Gasteiger partial charge in [0.15, 0.2) is 0 Å². The topological polar surface area (TPSA) is 65.6 Å². The summed E-state index contributed by atoms with van der Waals surface area (Å²) in [5.74, 6) is 0.707. The van der Waals surface area contributed by atoms with Gasteiger partial charge >= 0.3 is 0 Å². The first-order valence-electron chi connectivity index (χ1n) is 8.44. The lowest BCUT2D eigenvalue weighted by atomic mass is 9.95. The molecular formula is C17H26N4O2. The number of carbonyl (C=O) groups excluding carboxylic acids is 1. The van der Waals surface area contributed by atoms with Crippen LogP contribution in [0, 0.1) is 5.92 Å². The van der Waals surface area contributed by atoms with Gasteiger partial charge in [0.05, 0.1) is 19.3 Å². The van der Waals surface area contributed by atoms with Crippen LogP contribution < -0.4 is 16.2 Å². The van der Waals surface area contributed by atoms with E-state index in [-0.39, 0.29) is 5.91 Å². The van der Waals surface area contributed by atoms with Crippen molar-refractivity contribution in [3.8, 4) is 0 Å². The Morgan fingerprint density at radius 3 is 2.83 bits per heavy atom. The lowest BCUT2D eigenvalue weighted by Crippen LogP contribution is -2.42. The molecule has 2 aliphatic rings. The number of rotatable bonds is 6. The third-order valence-electron chi connectivity index (χ3n) is 4.54. The summed E-state index contributed by atoms with van der Waals surface area (Å²) >= 11 is 0. The van der Waals surface area contributed by atoms with Crippen molar-refractivity contribution in [1.29, 1.82) is 0 Å². The molecule has 0 bridgehead atoms. The highest BCUT2D eigenvalue weighted by molar-refractivity contribution is 5.76. The van der Waals surface area contributed by atoms with E-state index in [1.54, 1.807) is 0 Å². The third-order valence-corrected chi connectivity index (χ3v) is 4.54. The first kappa shape index (κ1) is 16.4. The average molecular weight is 318 g/mol. The fourth-order valence-electron chi connectivity index (χ4n) is 3.20. The van der Waals surface area contributed by atoms with Gasteiger partial charge in [-0.1, -0.05) is 30.3 Å². The second kappa shape index (κ2) is 8.40. The molecule has 2 atom stereocenters. The maximum Gasteiger partial charge on any atom is 0.224 e. The number of nitrogens with one attached hydrogen (secondary N) is 3. The molecule has 1 aromatic carbocycles. The van der Waals surface area contributed by atoms with E-state index in [1.807, 2.05) is 11.0 Å². The van der Waals surface area contributed by atoms with Crippen LogP contribution in [0.4, 0.5) is 0 Å². The van der Waals surface area contributed by atoms with Gasteiger partial charge in [-0.05, 0) is 5.56 Å². The van der Waals surface area contributed by atoms with Crippen LogP contribution in [0.5, 0.6) is 0 Å². The summed E-state index contributed by atoms with van der Waals surface area (Å²) in [6.07, 6.45) is 0.559. The van der Waals surface area contributed by atoms with E-state index >= 15 is 0 Å². The number of benzene rings is 1. The van der Waals surface area contributed by atoms with Crippen molar-refractivity contribution in [3.63, 3.8) is 0 Å². The van der Waals surface area contributed by atoms with Gasteiger partial charge in [0, 0.05) is 45.1 Å². The molecule has 2 saturated heterocycles. The minimum atomic E-state index is 0.225. The van der Waals surface area contributed by atoms with Crippen LogP contribution in [0.25, 0.3) is 0 Å². The van der Waals surface area contributed by atoms with Crippen molar-refractivity contribution in [2.45, 2.75) is 12.5 Å². The molecule has 126 valence electrons. The third kappa shape index (κ3) is 4.51. The largest absolute Gasteiger partial charge is 0.378 e. The smallest absolute Gasteiger partial charge is 0.224 e. The Morgan fingerprint density at radius 2 is 2.04 bits per heavy atom. The number of hydrogen-bond donors (Lipinski definition) is 3. The van der Waals surface area contributed by atoms with Gasteiger partial charge in [0.1, 0.15) is 0 Å². The van der Waals surface area contributed by atoms with E-state index in [0.29, 0.717) is 31.6 Å². The second-order valence-electron chi connectivity index (χ2n) is 6.12. The number of carbonyl (C=O) groups is 1.